The third kappa shape index (κ3) is 3.34. The van der Waals surface area contributed by atoms with Gasteiger partial charge in [0, 0.05) is 17.5 Å². The van der Waals surface area contributed by atoms with E-state index in [-0.39, 0.29) is 12.3 Å². The molecule has 1 aromatic heterocycles. The van der Waals surface area contributed by atoms with Gasteiger partial charge in [-0.2, -0.15) is 0 Å². The molecular formula is C14H17N3O3. The average Bonchev–Trinajstić information content (AvgIpc) is 2.83. The lowest BCUT2D eigenvalue weighted by molar-refractivity contribution is -0.137. The summed E-state index contributed by atoms with van der Waals surface area (Å²) < 4.78 is 0. The molecule has 20 heavy (non-hydrogen) atoms. The maximum absolute atomic E-state index is 12.2. The van der Waals surface area contributed by atoms with Crippen LogP contribution in [0, 0.1) is 0 Å². The summed E-state index contributed by atoms with van der Waals surface area (Å²) in [6, 6.07) is 5.20. The number of carbonyl (C=O) groups excluding carboxylic acids is 1. The molecule has 0 aliphatic heterocycles. The zero-order valence-electron chi connectivity index (χ0n) is 11.4. The van der Waals surface area contributed by atoms with Gasteiger partial charge in [-0.25, -0.2) is 4.98 Å². The lowest BCUT2D eigenvalue weighted by atomic mass is 9.97. The monoisotopic (exact) mass is 275 g/mol. The van der Waals surface area contributed by atoms with Crippen LogP contribution in [0.2, 0.25) is 0 Å². The summed E-state index contributed by atoms with van der Waals surface area (Å²) in [7, 11) is 0. The Morgan fingerprint density at radius 1 is 1.40 bits per heavy atom. The predicted molar refractivity (Wildman–Crippen MR) is 74.5 cm³/mol. The van der Waals surface area contributed by atoms with E-state index in [1.54, 1.807) is 24.5 Å². The van der Waals surface area contributed by atoms with E-state index in [2.05, 4.69) is 15.3 Å². The summed E-state index contributed by atoms with van der Waals surface area (Å²) >= 11 is 0. The first-order valence-electron chi connectivity index (χ1n) is 6.35. The highest BCUT2D eigenvalue weighted by atomic mass is 16.4. The van der Waals surface area contributed by atoms with Crippen LogP contribution in [0.5, 0.6) is 0 Å². The van der Waals surface area contributed by atoms with Crippen LogP contribution >= 0.6 is 0 Å². The van der Waals surface area contributed by atoms with Gasteiger partial charge in [-0.05, 0) is 38.5 Å². The molecule has 0 aliphatic carbocycles. The second-order valence-electron chi connectivity index (χ2n) is 5.37. The standard InChI is InChI=1S/C14H17N3O3/c1-14(2,6-5-12(18)19)17-13(20)9-3-4-10-11(7-9)16-8-15-10/h3-4,7-8H,5-6H2,1-2H3,(H,15,16)(H,17,20)(H,18,19). The van der Waals surface area contributed by atoms with Crippen LogP contribution < -0.4 is 5.32 Å². The van der Waals surface area contributed by atoms with Crippen molar-refractivity contribution in [2.45, 2.75) is 32.2 Å². The van der Waals surface area contributed by atoms with Gasteiger partial charge >= 0.3 is 5.97 Å². The number of imidazole rings is 1. The minimum atomic E-state index is -0.869. The van der Waals surface area contributed by atoms with E-state index in [0.717, 1.165) is 11.0 Å². The topological polar surface area (TPSA) is 95.1 Å². The highest BCUT2D eigenvalue weighted by molar-refractivity contribution is 5.97. The number of rotatable bonds is 5. The number of aromatic nitrogens is 2. The van der Waals surface area contributed by atoms with E-state index in [4.69, 9.17) is 5.11 Å². The fourth-order valence-corrected chi connectivity index (χ4v) is 1.94. The Balaban J connectivity index is 2.08. The quantitative estimate of drug-likeness (QED) is 0.777. The van der Waals surface area contributed by atoms with Crippen LogP contribution in [0.1, 0.15) is 37.0 Å². The Morgan fingerprint density at radius 2 is 2.15 bits per heavy atom. The number of carboxylic acid groups (broad SMARTS) is 1. The minimum Gasteiger partial charge on any atom is -0.481 e. The van der Waals surface area contributed by atoms with Gasteiger partial charge in [0.2, 0.25) is 0 Å². The number of aliphatic carboxylic acids is 1. The van der Waals surface area contributed by atoms with Crippen LogP contribution in [0.25, 0.3) is 11.0 Å². The number of hydrogen-bond acceptors (Lipinski definition) is 3. The number of nitrogens with one attached hydrogen (secondary N) is 2. The largest absolute Gasteiger partial charge is 0.481 e. The zero-order chi connectivity index (χ0) is 14.8. The van der Waals surface area contributed by atoms with Crippen molar-refractivity contribution in [1.82, 2.24) is 15.3 Å². The summed E-state index contributed by atoms with van der Waals surface area (Å²) in [5, 5.41) is 11.5. The molecule has 2 rings (SSSR count). The molecule has 0 fully saturated rings. The number of fused-ring (bicyclic) bond motifs is 1. The third-order valence-electron chi connectivity index (χ3n) is 3.10. The van der Waals surface area contributed by atoms with Crippen LogP contribution in [0.3, 0.4) is 0 Å². The molecule has 6 nitrogen and oxygen atoms in total. The first-order valence-corrected chi connectivity index (χ1v) is 6.35. The van der Waals surface area contributed by atoms with Crippen molar-refractivity contribution < 1.29 is 14.7 Å². The van der Waals surface area contributed by atoms with Crippen LogP contribution in [-0.2, 0) is 4.79 Å². The fourth-order valence-electron chi connectivity index (χ4n) is 1.94. The minimum absolute atomic E-state index is 0.0207. The molecule has 1 heterocycles. The summed E-state index contributed by atoms with van der Waals surface area (Å²) in [4.78, 5) is 29.8. The Bertz CT molecular complexity index is 646. The zero-order valence-corrected chi connectivity index (χ0v) is 11.4. The second kappa shape index (κ2) is 5.32. The number of amides is 1. The smallest absolute Gasteiger partial charge is 0.303 e. The molecule has 0 radical (unpaired) electrons. The maximum Gasteiger partial charge on any atom is 0.303 e. The summed E-state index contributed by atoms with van der Waals surface area (Å²) in [5.41, 5.74) is 1.54. The summed E-state index contributed by atoms with van der Waals surface area (Å²) in [5.74, 6) is -1.09. The van der Waals surface area contributed by atoms with Crippen LogP contribution in [0.4, 0.5) is 0 Å². The van der Waals surface area contributed by atoms with Gasteiger partial charge in [-0.1, -0.05) is 0 Å². The molecule has 0 atom stereocenters. The number of nitrogens with zero attached hydrogens (tertiary/aromatic N) is 1. The van der Waals surface area contributed by atoms with Crippen molar-refractivity contribution in [3.8, 4) is 0 Å². The van der Waals surface area contributed by atoms with Gasteiger partial charge in [-0.15, -0.1) is 0 Å². The molecule has 0 saturated heterocycles. The fraction of sp³-hybridized carbons (Fsp3) is 0.357. The van der Waals surface area contributed by atoms with Gasteiger partial charge in [0.25, 0.3) is 5.91 Å². The van der Waals surface area contributed by atoms with Gasteiger partial charge in [0.1, 0.15) is 0 Å². The molecule has 3 N–H and O–H groups in total. The second-order valence-corrected chi connectivity index (χ2v) is 5.37. The van der Waals surface area contributed by atoms with Gasteiger partial charge in [0.05, 0.1) is 17.4 Å². The van der Waals surface area contributed by atoms with E-state index in [1.807, 2.05) is 13.8 Å². The number of carboxylic acids is 1. The lowest BCUT2D eigenvalue weighted by Gasteiger charge is -2.25. The number of carbonyl (C=O) groups is 2. The third-order valence-corrected chi connectivity index (χ3v) is 3.10. The van der Waals surface area contributed by atoms with E-state index >= 15 is 0 Å². The van der Waals surface area contributed by atoms with E-state index in [1.165, 1.54) is 0 Å². The Morgan fingerprint density at radius 3 is 2.85 bits per heavy atom. The van der Waals surface area contributed by atoms with E-state index in [0.29, 0.717) is 12.0 Å². The summed E-state index contributed by atoms with van der Waals surface area (Å²) in [6.07, 6.45) is 1.97. The first-order chi connectivity index (χ1) is 9.37. The van der Waals surface area contributed by atoms with Crippen LogP contribution in [0.15, 0.2) is 24.5 Å². The first kappa shape index (κ1) is 14.0. The highest BCUT2D eigenvalue weighted by Gasteiger charge is 2.22. The highest BCUT2D eigenvalue weighted by Crippen LogP contribution is 2.15. The van der Waals surface area contributed by atoms with Crippen molar-refractivity contribution in [3.05, 3.63) is 30.1 Å². The number of aromatic amines is 1. The molecule has 6 heteroatoms. The number of hydrogen-bond donors (Lipinski definition) is 3. The van der Waals surface area contributed by atoms with Crippen molar-refractivity contribution in [3.63, 3.8) is 0 Å². The van der Waals surface area contributed by atoms with Crippen molar-refractivity contribution >= 4 is 22.9 Å². The molecule has 2 aromatic rings. The van der Waals surface area contributed by atoms with Gasteiger partial charge < -0.3 is 15.4 Å². The normalized spacial score (nSPS) is 11.5. The predicted octanol–water partition coefficient (Wildman–Crippen LogP) is 1.94. The van der Waals surface area contributed by atoms with Gasteiger partial charge in [0.15, 0.2) is 0 Å². The molecule has 0 saturated carbocycles. The molecule has 1 amide bonds. The molecule has 0 aliphatic rings. The SMILES string of the molecule is CC(C)(CCC(=O)O)NC(=O)c1ccc2nc[nH]c2c1. The molecule has 0 bridgehead atoms. The van der Waals surface area contributed by atoms with E-state index < -0.39 is 11.5 Å². The molecule has 106 valence electrons. The summed E-state index contributed by atoms with van der Waals surface area (Å²) in [6.45, 7) is 3.62. The van der Waals surface area contributed by atoms with Crippen LogP contribution in [-0.4, -0.2) is 32.5 Å². The van der Waals surface area contributed by atoms with Crippen molar-refractivity contribution in [1.29, 1.82) is 0 Å². The van der Waals surface area contributed by atoms with Gasteiger partial charge in [-0.3, -0.25) is 9.59 Å². The Labute approximate surface area is 116 Å². The molecule has 0 unspecified atom stereocenters. The number of H-pyrrole nitrogens is 1. The van der Waals surface area contributed by atoms with Crippen molar-refractivity contribution in [2.24, 2.45) is 0 Å². The Kier molecular flexibility index (Phi) is 3.74. The molecule has 1 aromatic carbocycles. The molecule has 0 spiro atoms. The average molecular weight is 275 g/mol. The van der Waals surface area contributed by atoms with E-state index in [9.17, 15) is 9.59 Å². The lowest BCUT2D eigenvalue weighted by Crippen LogP contribution is -2.43. The Hall–Kier alpha value is -2.37. The van der Waals surface area contributed by atoms with Crippen molar-refractivity contribution in [2.75, 3.05) is 0 Å². The number of benzene rings is 1. The maximum atomic E-state index is 12.2. The molecular weight excluding hydrogens is 258 g/mol.